The Morgan fingerprint density at radius 1 is 1.31 bits per heavy atom. The van der Waals surface area contributed by atoms with E-state index in [2.05, 4.69) is 15.8 Å². The van der Waals surface area contributed by atoms with Crippen LogP contribution in [0.3, 0.4) is 0 Å². The summed E-state index contributed by atoms with van der Waals surface area (Å²) in [6.07, 6.45) is 2.35. The van der Waals surface area contributed by atoms with Gasteiger partial charge in [-0.3, -0.25) is 0 Å². The summed E-state index contributed by atoms with van der Waals surface area (Å²) in [7, 11) is 1.54. The summed E-state index contributed by atoms with van der Waals surface area (Å²) in [5, 5.41) is 7.00. The van der Waals surface area contributed by atoms with Gasteiger partial charge in [-0.2, -0.15) is 5.10 Å². The number of hydrazone groups is 1. The van der Waals surface area contributed by atoms with Gasteiger partial charge in [-0.1, -0.05) is 36.7 Å². The van der Waals surface area contributed by atoms with Gasteiger partial charge in [-0.15, -0.1) is 0 Å². The Hall–Kier alpha value is -2.73. The maximum absolute atomic E-state index is 11.8. The van der Waals surface area contributed by atoms with Crippen molar-refractivity contribution in [3.63, 3.8) is 0 Å². The number of nitrogens with one attached hydrogen (secondary N) is 2. The third kappa shape index (κ3) is 5.67. The number of carbonyl (C=O) groups is 1. The minimum atomic E-state index is -0.442. The van der Waals surface area contributed by atoms with Gasteiger partial charge in [0.25, 0.3) is 0 Å². The number of methoxy groups -OCH3 is 1. The zero-order chi connectivity index (χ0) is 18.9. The van der Waals surface area contributed by atoms with Crippen molar-refractivity contribution < 1.29 is 14.3 Å². The zero-order valence-electron chi connectivity index (χ0n) is 15.0. The molecule has 2 aromatic rings. The Kier molecular flexibility index (Phi) is 7.29. The number of benzene rings is 2. The molecule has 0 fully saturated rings. The highest BCUT2D eigenvalue weighted by molar-refractivity contribution is 6.32. The number of hydrogen-bond donors (Lipinski definition) is 2. The van der Waals surface area contributed by atoms with Crippen LogP contribution in [0.4, 0.5) is 10.5 Å². The van der Waals surface area contributed by atoms with Crippen LogP contribution in [0, 0.1) is 0 Å². The molecule has 0 aliphatic carbocycles. The number of nitrogens with zero attached hydrogens (tertiary/aromatic N) is 1. The Morgan fingerprint density at radius 3 is 2.69 bits per heavy atom. The third-order valence-electron chi connectivity index (χ3n) is 3.56. The van der Waals surface area contributed by atoms with Crippen molar-refractivity contribution in [2.45, 2.75) is 26.4 Å². The second-order valence-electron chi connectivity index (χ2n) is 5.56. The first kappa shape index (κ1) is 19.6. The van der Waals surface area contributed by atoms with Gasteiger partial charge < -0.3 is 14.8 Å². The van der Waals surface area contributed by atoms with Crippen molar-refractivity contribution in [2.75, 3.05) is 12.4 Å². The molecule has 0 saturated heterocycles. The fraction of sp³-hybridized carbons (Fsp3) is 0.263. The van der Waals surface area contributed by atoms with E-state index in [4.69, 9.17) is 21.1 Å². The molecule has 0 bridgehead atoms. The van der Waals surface area contributed by atoms with Gasteiger partial charge >= 0.3 is 6.03 Å². The van der Waals surface area contributed by atoms with Crippen LogP contribution in [0.25, 0.3) is 0 Å². The Morgan fingerprint density at radius 2 is 2.04 bits per heavy atom. The predicted octanol–water partition coefficient (Wildman–Crippen LogP) is 4.68. The average Bonchev–Trinajstić information content (AvgIpc) is 2.64. The maximum Gasteiger partial charge on any atom is 0.339 e. The van der Waals surface area contributed by atoms with Crippen LogP contribution in [0.1, 0.15) is 25.8 Å². The highest BCUT2D eigenvalue weighted by atomic mass is 35.5. The van der Waals surface area contributed by atoms with E-state index in [1.54, 1.807) is 31.4 Å². The number of ether oxygens (including phenoxy) is 2. The number of amides is 2. The van der Waals surface area contributed by atoms with E-state index in [0.717, 1.165) is 6.42 Å². The lowest BCUT2D eigenvalue weighted by Crippen LogP contribution is -2.24. The van der Waals surface area contributed by atoms with E-state index in [1.807, 2.05) is 32.0 Å². The normalized spacial score (nSPS) is 11.8. The van der Waals surface area contributed by atoms with Crippen molar-refractivity contribution in [2.24, 2.45) is 5.10 Å². The molecule has 0 spiro atoms. The van der Waals surface area contributed by atoms with Gasteiger partial charge in [0, 0.05) is 5.69 Å². The highest BCUT2D eigenvalue weighted by Gasteiger charge is 2.14. The number of anilines is 1. The van der Waals surface area contributed by atoms with Gasteiger partial charge in [0.05, 0.1) is 24.5 Å². The summed E-state index contributed by atoms with van der Waals surface area (Å²) in [5.74, 6) is 1.00. The van der Waals surface area contributed by atoms with Crippen LogP contribution in [-0.2, 0) is 0 Å². The molecular formula is C19H22ClN3O3. The summed E-state index contributed by atoms with van der Waals surface area (Å²) in [5.41, 5.74) is 3.74. The standard InChI is InChI=1S/C19H22ClN3O3/c1-4-13(2)26-18-16(20)10-14(11-17(18)25-3)12-21-23-19(24)22-15-8-6-5-7-9-15/h5-13H,4H2,1-3H3,(H2,22,23,24). The van der Waals surface area contributed by atoms with E-state index in [-0.39, 0.29) is 6.10 Å². The minimum Gasteiger partial charge on any atom is -0.493 e. The number of carbonyl (C=O) groups excluding carboxylic acids is 1. The first-order valence-electron chi connectivity index (χ1n) is 8.22. The second kappa shape index (κ2) is 9.68. The first-order valence-corrected chi connectivity index (χ1v) is 8.60. The second-order valence-corrected chi connectivity index (χ2v) is 5.97. The lowest BCUT2D eigenvalue weighted by atomic mass is 10.2. The zero-order valence-corrected chi connectivity index (χ0v) is 15.7. The van der Waals surface area contributed by atoms with Gasteiger partial charge in [0.1, 0.15) is 0 Å². The topological polar surface area (TPSA) is 72.0 Å². The highest BCUT2D eigenvalue weighted by Crippen LogP contribution is 2.37. The fourth-order valence-electron chi connectivity index (χ4n) is 2.06. The van der Waals surface area contributed by atoms with Crippen molar-refractivity contribution in [1.29, 1.82) is 0 Å². The molecule has 1 unspecified atom stereocenters. The lowest BCUT2D eigenvalue weighted by molar-refractivity contribution is 0.208. The first-order chi connectivity index (χ1) is 12.5. The van der Waals surface area contributed by atoms with Gasteiger partial charge in [-0.25, -0.2) is 10.2 Å². The third-order valence-corrected chi connectivity index (χ3v) is 3.84. The van der Waals surface area contributed by atoms with E-state index in [1.165, 1.54) is 6.21 Å². The van der Waals surface area contributed by atoms with Gasteiger partial charge in [-0.05, 0) is 43.2 Å². The molecule has 0 aliphatic heterocycles. The van der Waals surface area contributed by atoms with Crippen LogP contribution in [0.2, 0.25) is 5.02 Å². The van der Waals surface area contributed by atoms with Crippen LogP contribution in [0.5, 0.6) is 11.5 Å². The Bertz CT molecular complexity index is 766. The number of para-hydroxylation sites is 1. The number of halogens is 1. The van der Waals surface area contributed by atoms with Crippen molar-refractivity contribution in [3.8, 4) is 11.5 Å². The fourth-order valence-corrected chi connectivity index (χ4v) is 2.32. The quantitative estimate of drug-likeness (QED) is 0.545. The van der Waals surface area contributed by atoms with Crippen molar-refractivity contribution in [3.05, 3.63) is 53.1 Å². The van der Waals surface area contributed by atoms with E-state index in [9.17, 15) is 4.79 Å². The smallest absolute Gasteiger partial charge is 0.339 e. The minimum absolute atomic E-state index is 0.0178. The monoisotopic (exact) mass is 375 g/mol. The molecule has 6 nitrogen and oxygen atoms in total. The molecule has 7 heteroatoms. The molecule has 0 saturated carbocycles. The summed E-state index contributed by atoms with van der Waals surface area (Å²) in [6.45, 7) is 3.98. The Balaban J connectivity index is 2.03. The Labute approximate surface area is 158 Å². The number of rotatable bonds is 7. The molecule has 1 atom stereocenters. The molecule has 0 heterocycles. The van der Waals surface area contributed by atoms with Crippen LogP contribution < -0.4 is 20.2 Å². The lowest BCUT2D eigenvalue weighted by Gasteiger charge is -2.17. The SMILES string of the molecule is CCC(C)Oc1c(Cl)cc(C=NNC(=O)Nc2ccccc2)cc1OC. The summed E-state index contributed by atoms with van der Waals surface area (Å²) in [4.78, 5) is 11.8. The maximum atomic E-state index is 11.8. The molecule has 0 aliphatic rings. The molecule has 2 rings (SSSR count). The molecule has 2 N–H and O–H groups in total. The molecule has 2 aromatic carbocycles. The summed E-state index contributed by atoms with van der Waals surface area (Å²) >= 11 is 6.30. The number of hydrogen-bond acceptors (Lipinski definition) is 4. The molecule has 26 heavy (non-hydrogen) atoms. The van der Waals surface area contributed by atoms with Crippen LogP contribution in [-0.4, -0.2) is 25.5 Å². The average molecular weight is 376 g/mol. The van der Waals surface area contributed by atoms with Crippen LogP contribution >= 0.6 is 11.6 Å². The van der Waals surface area contributed by atoms with E-state index < -0.39 is 6.03 Å². The molecule has 138 valence electrons. The van der Waals surface area contributed by atoms with Gasteiger partial charge in [0.15, 0.2) is 11.5 Å². The molecule has 2 amide bonds. The van der Waals surface area contributed by atoms with Crippen molar-refractivity contribution >= 4 is 29.5 Å². The summed E-state index contributed by atoms with van der Waals surface area (Å²) in [6, 6.07) is 12.1. The summed E-state index contributed by atoms with van der Waals surface area (Å²) < 4.78 is 11.1. The largest absolute Gasteiger partial charge is 0.493 e. The van der Waals surface area contributed by atoms with Gasteiger partial charge in [0.2, 0.25) is 0 Å². The van der Waals surface area contributed by atoms with E-state index >= 15 is 0 Å². The van der Waals surface area contributed by atoms with E-state index in [0.29, 0.717) is 27.8 Å². The number of urea groups is 1. The predicted molar refractivity (Wildman–Crippen MR) is 105 cm³/mol. The molecular weight excluding hydrogens is 354 g/mol. The van der Waals surface area contributed by atoms with Crippen LogP contribution in [0.15, 0.2) is 47.6 Å². The molecule has 0 radical (unpaired) electrons. The molecule has 0 aromatic heterocycles. The van der Waals surface area contributed by atoms with Crippen molar-refractivity contribution in [1.82, 2.24) is 5.43 Å².